The zero-order valence-corrected chi connectivity index (χ0v) is 12.7. The summed E-state index contributed by atoms with van der Waals surface area (Å²) in [6.45, 7) is 6.01. The highest BCUT2D eigenvalue weighted by Crippen LogP contribution is 2.38. The molecule has 1 rings (SSSR count). The molecule has 0 fully saturated rings. The number of unbranched alkanes of at least 4 members (excludes halogenated alkanes) is 2. The number of carbonyl (C=O) groups is 1. The van der Waals surface area contributed by atoms with Gasteiger partial charge >= 0.3 is 5.97 Å². The number of hydrogen-bond donors (Lipinski definition) is 2. The maximum absolute atomic E-state index is 11.9. The first-order valence-electron chi connectivity index (χ1n) is 7.49. The molecule has 20 heavy (non-hydrogen) atoms. The van der Waals surface area contributed by atoms with E-state index in [1.165, 1.54) is 0 Å². The zero-order chi connectivity index (χ0) is 15.2. The summed E-state index contributed by atoms with van der Waals surface area (Å²) in [4.78, 5) is 11.9. The summed E-state index contributed by atoms with van der Waals surface area (Å²) in [7, 11) is 0. The largest absolute Gasteiger partial charge is 0.508 e. The molecule has 0 aromatic heterocycles. The molecule has 3 heteroatoms. The monoisotopic (exact) mass is 278 g/mol. The summed E-state index contributed by atoms with van der Waals surface area (Å²) in [6.07, 6.45) is 5.11. The Morgan fingerprint density at radius 2 is 1.80 bits per heavy atom. The van der Waals surface area contributed by atoms with Gasteiger partial charge in [0, 0.05) is 0 Å². The fourth-order valence-corrected chi connectivity index (χ4v) is 2.88. The van der Waals surface area contributed by atoms with Crippen molar-refractivity contribution in [3.05, 3.63) is 29.8 Å². The van der Waals surface area contributed by atoms with E-state index in [1.54, 1.807) is 24.3 Å². The number of aromatic hydroxyl groups is 1. The lowest BCUT2D eigenvalue weighted by atomic mass is 9.68. The molecule has 0 aliphatic rings. The Labute approximate surface area is 121 Å². The second-order valence-electron chi connectivity index (χ2n) is 5.66. The minimum absolute atomic E-state index is 0.107. The normalized spacial score (nSPS) is 15.6. The molecule has 0 bridgehead atoms. The van der Waals surface area contributed by atoms with Crippen molar-refractivity contribution >= 4 is 5.97 Å². The van der Waals surface area contributed by atoms with Gasteiger partial charge in [0.15, 0.2) is 0 Å². The molecule has 0 saturated heterocycles. The van der Waals surface area contributed by atoms with E-state index in [2.05, 4.69) is 13.8 Å². The summed E-state index contributed by atoms with van der Waals surface area (Å²) < 4.78 is 0. The molecule has 3 nitrogen and oxygen atoms in total. The predicted molar refractivity (Wildman–Crippen MR) is 81.0 cm³/mol. The van der Waals surface area contributed by atoms with Gasteiger partial charge in [0.05, 0.1) is 5.41 Å². The molecule has 1 aromatic rings. The van der Waals surface area contributed by atoms with Crippen LogP contribution < -0.4 is 0 Å². The SMILES string of the molecule is CCCCCC(CC)C(C)(C(=O)O)c1ccc(O)cc1. The van der Waals surface area contributed by atoms with E-state index >= 15 is 0 Å². The number of rotatable bonds is 8. The van der Waals surface area contributed by atoms with E-state index in [9.17, 15) is 15.0 Å². The van der Waals surface area contributed by atoms with Crippen LogP contribution in [-0.2, 0) is 10.2 Å². The van der Waals surface area contributed by atoms with Crippen molar-refractivity contribution in [3.8, 4) is 5.75 Å². The van der Waals surface area contributed by atoms with Gasteiger partial charge in [-0.1, -0.05) is 51.7 Å². The van der Waals surface area contributed by atoms with Gasteiger partial charge in [0.2, 0.25) is 0 Å². The lowest BCUT2D eigenvalue weighted by Crippen LogP contribution is -2.40. The molecule has 2 atom stereocenters. The summed E-state index contributed by atoms with van der Waals surface area (Å²) in [5.74, 6) is -0.511. The molecule has 2 unspecified atom stereocenters. The molecule has 0 saturated carbocycles. The summed E-state index contributed by atoms with van der Waals surface area (Å²) >= 11 is 0. The number of aliphatic carboxylic acids is 1. The van der Waals surface area contributed by atoms with Gasteiger partial charge in [-0.3, -0.25) is 4.79 Å². The average molecular weight is 278 g/mol. The number of benzene rings is 1. The minimum atomic E-state index is -0.893. The van der Waals surface area contributed by atoms with Crippen LogP contribution in [0.1, 0.15) is 58.4 Å². The molecule has 0 aliphatic carbocycles. The number of carboxylic acids is 1. The van der Waals surface area contributed by atoms with Crippen molar-refractivity contribution in [3.63, 3.8) is 0 Å². The van der Waals surface area contributed by atoms with Crippen LogP contribution in [0.25, 0.3) is 0 Å². The van der Waals surface area contributed by atoms with Crippen LogP contribution in [-0.4, -0.2) is 16.2 Å². The molecule has 0 heterocycles. The first-order chi connectivity index (χ1) is 9.46. The minimum Gasteiger partial charge on any atom is -0.508 e. The van der Waals surface area contributed by atoms with Crippen molar-refractivity contribution in [1.29, 1.82) is 0 Å². The van der Waals surface area contributed by atoms with Crippen molar-refractivity contribution in [1.82, 2.24) is 0 Å². The van der Waals surface area contributed by atoms with E-state index in [0.29, 0.717) is 0 Å². The Bertz CT molecular complexity index is 424. The Balaban J connectivity index is 3.05. The van der Waals surface area contributed by atoms with Crippen molar-refractivity contribution < 1.29 is 15.0 Å². The molecule has 0 aliphatic heterocycles. The van der Waals surface area contributed by atoms with Crippen molar-refractivity contribution in [2.24, 2.45) is 5.92 Å². The van der Waals surface area contributed by atoms with E-state index in [4.69, 9.17) is 0 Å². The third-order valence-corrected chi connectivity index (χ3v) is 4.38. The first-order valence-corrected chi connectivity index (χ1v) is 7.49. The average Bonchev–Trinajstić information content (AvgIpc) is 2.43. The van der Waals surface area contributed by atoms with E-state index in [-0.39, 0.29) is 11.7 Å². The van der Waals surface area contributed by atoms with Crippen LogP contribution in [0, 0.1) is 5.92 Å². The molecule has 0 amide bonds. The van der Waals surface area contributed by atoms with Gasteiger partial charge in [-0.15, -0.1) is 0 Å². The summed E-state index contributed by atoms with van der Waals surface area (Å²) in [6, 6.07) is 6.59. The number of phenolic OH excluding ortho intramolecular Hbond substituents is 1. The fourth-order valence-electron chi connectivity index (χ4n) is 2.88. The van der Waals surface area contributed by atoms with Crippen LogP contribution in [0.15, 0.2) is 24.3 Å². The van der Waals surface area contributed by atoms with Gasteiger partial charge in [-0.25, -0.2) is 0 Å². The maximum atomic E-state index is 11.9. The van der Waals surface area contributed by atoms with Crippen molar-refractivity contribution in [2.45, 2.75) is 58.3 Å². The van der Waals surface area contributed by atoms with Gasteiger partial charge in [0.25, 0.3) is 0 Å². The molecule has 112 valence electrons. The van der Waals surface area contributed by atoms with Gasteiger partial charge in [0.1, 0.15) is 5.75 Å². The van der Waals surface area contributed by atoms with Gasteiger partial charge < -0.3 is 10.2 Å². The Kier molecular flexibility index (Phi) is 6.05. The van der Waals surface area contributed by atoms with Gasteiger partial charge in [-0.2, -0.15) is 0 Å². The second-order valence-corrected chi connectivity index (χ2v) is 5.66. The molecule has 0 spiro atoms. The number of hydrogen-bond acceptors (Lipinski definition) is 2. The quantitative estimate of drug-likeness (QED) is 0.695. The van der Waals surface area contributed by atoms with Crippen molar-refractivity contribution in [2.75, 3.05) is 0 Å². The maximum Gasteiger partial charge on any atom is 0.314 e. The van der Waals surface area contributed by atoms with Crippen LogP contribution in [0.5, 0.6) is 5.75 Å². The van der Waals surface area contributed by atoms with Gasteiger partial charge in [-0.05, 0) is 37.0 Å². The van der Waals surface area contributed by atoms with Crippen LogP contribution in [0.2, 0.25) is 0 Å². The Hall–Kier alpha value is -1.51. The molecule has 0 radical (unpaired) electrons. The molecule has 1 aromatic carbocycles. The lowest BCUT2D eigenvalue weighted by molar-refractivity contribution is -0.145. The highest BCUT2D eigenvalue weighted by Gasteiger charge is 2.41. The number of carboxylic acid groups (broad SMARTS) is 1. The van der Waals surface area contributed by atoms with Crippen LogP contribution in [0.4, 0.5) is 0 Å². The first kappa shape index (κ1) is 16.5. The van der Waals surface area contributed by atoms with Crippen LogP contribution in [0.3, 0.4) is 0 Å². The predicted octanol–water partition coefficient (Wildman–Crippen LogP) is 4.34. The second kappa shape index (κ2) is 7.32. The third-order valence-electron chi connectivity index (χ3n) is 4.38. The van der Waals surface area contributed by atoms with Crippen LogP contribution >= 0.6 is 0 Å². The standard InChI is InChI=1S/C17H26O3/c1-4-6-7-8-13(5-2)17(3,16(19)20)14-9-11-15(18)12-10-14/h9-13,18H,4-8H2,1-3H3,(H,19,20). The van der Waals surface area contributed by atoms with E-state index < -0.39 is 11.4 Å². The lowest BCUT2D eigenvalue weighted by Gasteiger charge is -2.34. The number of phenols is 1. The molecular formula is C17H26O3. The molecular weight excluding hydrogens is 252 g/mol. The smallest absolute Gasteiger partial charge is 0.314 e. The zero-order valence-electron chi connectivity index (χ0n) is 12.7. The molecule has 2 N–H and O–H groups in total. The topological polar surface area (TPSA) is 57.5 Å². The summed E-state index contributed by atoms with van der Waals surface area (Å²) in [5, 5.41) is 19.1. The summed E-state index contributed by atoms with van der Waals surface area (Å²) in [5.41, 5.74) is -0.123. The van der Waals surface area contributed by atoms with E-state index in [1.807, 2.05) is 6.92 Å². The Morgan fingerprint density at radius 3 is 2.25 bits per heavy atom. The highest BCUT2D eigenvalue weighted by atomic mass is 16.4. The third kappa shape index (κ3) is 3.53. The Morgan fingerprint density at radius 1 is 1.20 bits per heavy atom. The van der Waals surface area contributed by atoms with E-state index in [0.717, 1.165) is 37.7 Å². The highest BCUT2D eigenvalue weighted by molar-refractivity contribution is 5.81. The fraction of sp³-hybridized carbons (Fsp3) is 0.588.